The van der Waals surface area contributed by atoms with Gasteiger partial charge < -0.3 is 11.2 Å². The minimum Gasteiger partial charge on any atom is -0.307 e. The molecule has 2 aliphatic carbocycles. The van der Waals surface area contributed by atoms with Crippen LogP contribution in [0.5, 0.6) is 0 Å². The van der Waals surface area contributed by atoms with E-state index >= 15 is 0 Å². The number of anilines is 2. The molecule has 3 amide bonds. The van der Waals surface area contributed by atoms with Crippen molar-refractivity contribution in [3.63, 3.8) is 0 Å². The Labute approximate surface area is 263 Å². The van der Waals surface area contributed by atoms with Gasteiger partial charge in [0, 0.05) is 16.9 Å². The van der Waals surface area contributed by atoms with Crippen LogP contribution >= 0.6 is 0 Å². The van der Waals surface area contributed by atoms with Crippen LogP contribution in [0.1, 0.15) is 85.2 Å². The van der Waals surface area contributed by atoms with Gasteiger partial charge in [-0.3, -0.25) is 20.4 Å². The zero-order valence-electron chi connectivity index (χ0n) is 25.1. The number of hydrogen-bond donors (Lipinski definition) is 4. The van der Waals surface area contributed by atoms with Crippen molar-refractivity contribution in [1.29, 1.82) is 5.41 Å². The van der Waals surface area contributed by atoms with Crippen LogP contribution < -0.4 is 21.4 Å². The molecule has 2 saturated carbocycles. The monoisotopic (exact) mass is 629 g/mol. The molecule has 2 aliphatic rings. The van der Waals surface area contributed by atoms with Crippen LogP contribution in [0, 0.1) is 5.41 Å². The lowest BCUT2D eigenvalue weighted by Crippen LogP contribution is -2.34. The number of nitrogens with two attached hydrogens (primary N) is 1. The highest BCUT2D eigenvalue weighted by Gasteiger charge is 2.30. The van der Waals surface area contributed by atoms with Crippen molar-refractivity contribution in [2.75, 3.05) is 10.2 Å². The van der Waals surface area contributed by atoms with Crippen molar-refractivity contribution in [3.8, 4) is 0 Å². The molecule has 5 N–H and O–H groups in total. The molecule has 0 radical (unpaired) electrons. The molecular formula is C33H39N7O4S. The van der Waals surface area contributed by atoms with Gasteiger partial charge in [0.2, 0.25) is 5.96 Å². The third-order valence-electron chi connectivity index (χ3n) is 8.63. The molecule has 0 spiro atoms. The van der Waals surface area contributed by atoms with Crippen molar-refractivity contribution in [2.24, 2.45) is 16.2 Å². The number of amides is 3. The maximum Gasteiger partial charge on any atom is 0.326 e. The smallest absolute Gasteiger partial charge is 0.307 e. The van der Waals surface area contributed by atoms with Gasteiger partial charge in [0.25, 0.3) is 5.91 Å². The van der Waals surface area contributed by atoms with E-state index in [-0.39, 0.29) is 16.7 Å². The number of nitrogens with zero attached hydrogens (tertiary/aromatic N) is 3. The lowest BCUT2D eigenvalue weighted by molar-refractivity contribution is 0.0976. The van der Waals surface area contributed by atoms with Gasteiger partial charge in [-0.1, -0.05) is 72.8 Å². The molecule has 0 saturated heterocycles. The highest BCUT2D eigenvalue weighted by molar-refractivity contribution is 7.92. The molecule has 0 bridgehead atoms. The normalized spacial score (nSPS) is 16.0. The summed E-state index contributed by atoms with van der Waals surface area (Å²) in [6.07, 6.45) is 9.18. The van der Waals surface area contributed by atoms with Gasteiger partial charge in [0.1, 0.15) is 0 Å². The predicted molar refractivity (Wildman–Crippen MR) is 174 cm³/mol. The van der Waals surface area contributed by atoms with Crippen LogP contribution in [0.25, 0.3) is 0 Å². The van der Waals surface area contributed by atoms with Crippen LogP contribution in [0.15, 0.2) is 88.0 Å². The van der Waals surface area contributed by atoms with E-state index in [2.05, 4.69) is 33.1 Å². The third-order valence-corrected chi connectivity index (χ3v) is 10.9. The second kappa shape index (κ2) is 14.5. The molecule has 0 atom stereocenters. The SMILES string of the molecule is N=C(/N=N\N)NC(=O)c1ccc(CN(C(=O)Nc2cccc(S(=O)(=O)C3CCCC3)c2)c2ccc(C3CCCCC3)cc2)cc1. The summed E-state index contributed by atoms with van der Waals surface area (Å²) in [5, 5.41) is 18.6. The fourth-order valence-corrected chi connectivity index (χ4v) is 8.08. The van der Waals surface area contributed by atoms with Crippen molar-refractivity contribution < 1.29 is 18.0 Å². The van der Waals surface area contributed by atoms with Gasteiger partial charge >= 0.3 is 6.03 Å². The highest BCUT2D eigenvalue weighted by Crippen LogP contribution is 2.34. The summed E-state index contributed by atoms with van der Waals surface area (Å²) < 4.78 is 26.4. The molecule has 12 heteroatoms. The van der Waals surface area contributed by atoms with E-state index in [9.17, 15) is 18.0 Å². The van der Waals surface area contributed by atoms with E-state index in [1.807, 2.05) is 12.1 Å². The van der Waals surface area contributed by atoms with E-state index in [4.69, 9.17) is 11.3 Å². The number of guanidine groups is 1. The van der Waals surface area contributed by atoms with Gasteiger partial charge in [-0.2, -0.15) is 0 Å². The second-order valence-electron chi connectivity index (χ2n) is 11.6. The number of carbonyl (C=O) groups is 2. The quantitative estimate of drug-likeness (QED) is 0.0715. The summed E-state index contributed by atoms with van der Waals surface area (Å²) in [7, 11) is -3.48. The number of hydrogen-bond acceptors (Lipinski definition) is 6. The van der Waals surface area contributed by atoms with E-state index in [1.54, 1.807) is 47.4 Å². The third kappa shape index (κ3) is 7.93. The van der Waals surface area contributed by atoms with Crippen molar-refractivity contribution in [3.05, 3.63) is 89.5 Å². The summed E-state index contributed by atoms with van der Waals surface area (Å²) in [6.45, 7) is 0.188. The standard InChI is InChI=1S/C33H39N7O4S/c34-32(38-39-35)37-31(41)26-15-13-23(14-16-26)22-40(28-19-17-25(18-20-28)24-7-2-1-3-8-24)33(42)36-27-9-6-12-30(21-27)45(43,44)29-10-4-5-11-29/h6,9,12-21,24,29H,1-5,7-8,10-11,22H2,(H,36,42)(H4,34,35,37,38,41). The molecule has 0 unspecified atom stereocenters. The Kier molecular flexibility index (Phi) is 10.2. The minimum atomic E-state index is -3.48. The van der Waals surface area contributed by atoms with Gasteiger partial charge in [0.15, 0.2) is 9.84 Å². The minimum absolute atomic E-state index is 0.188. The number of nitrogens with one attached hydrogen (secondary N) is 3. The molecule has 3 aromatic carbocycles. The Balaban J connectivity index is 1.37. The first-order valence-corrected chi connectivity index (χ1v) is 16.9. The number of carbonyl (C=O) groups excluding carboxylic acids is 2. The zero-order chi connectivity index (χ0) is 31.8. The lowest BCUT2D eigenvalue weighted by Gasteiger charge is -2.26. The summed E-state index contributed by atoms with van der Waals surface area (Å²) in [6, 6.07) is 20.8. The largest absolute Gasteiger partial charge is 0.326 e. The first kappa shape index (κ1) is 31.8. The number of urea groups is 1. The highest BCUT2D eigenvalue weighted by atomic mass is 32.2. The first-order chi connectivity index (χ1) is 21.7. The topological polar surface area (TPSA) is 170 Å². The average Bonchev–Trinajstić information content (AvgIpc) is 3.61. The molecule has 236 valence electrons. The molecule has 0 heterocycles. The van der Waals surface area contributed by atoms with Crippen molar-refractivity contribution >= 4 is 39.1 Å². The lowest BCUT2D eigenvalue weighted by atomic mass is 9.84. The van der Waals surface area contributed by atoms with Crippen LogP contribution in [0.2, 0.25) is 0 Å². The van der Waals surface area contributed by atoms with E-state index in [0.29, 0.717) is 35.7 Å². The zero-order valence-corrected chi connectivity index (χ0v) is 25.9. The predicted octanol–water partition coefficient (Wildman–Crippen LogP) is 6.68. The van der Waals surface area contributed by atoms with E-state index in [0.717, 1.165) is 31.2 Å². The van der Waals surface area contributed by atoms with Crippen LogP contribution in [0.3, 0.4) is 0 Å². The maximum absolute atomic E-state index is 13.8. The summed E-state index contributed by atoms with van der Waals surface area (Å²) in [5.74, 6) is 4.43. The van der Waals surface area contributed by atoms with Gasteiger partial charge in [-0.15, -0.1) is 0 Å². The fourth-order valence-electron chi connectivity index (χ4n) is 6.18. The number of benzene rings is 3. The molecule has 0 aliphatic heterocycles. The number of rotatable bonds is 8. The Morgan fingerprint density at radius 1 is 0.889 bits per heavy atom. The molecule has 2 fully saturated rings. The van der Waals surface area contributed by atoms with Crippen LogP contribution in [-0.4, -0.2) is 31.6 Å². The van der Waals surface area contributed by atoms with Crippen molar-refractivity contribution in [1.82, 2.24) is 5.32 Å². The molecule has 45 heavy (non-hydrogen) atoms. The van der Waals surface area contributed by atoms with Gasteiger partial charge in [-0.25, -0.2) is 13.2 Å². The Morgan fingerprint density at radius 3 is 2.22 bits per heavy atom. The van der Waals surface area contributed by atoms with E-state index < -0.39 is 27.7 Å². The maximum atomic E-state index is 13.8. The molecule has 5 rings (SSSR count). The van der Waals surface area contributed by atoms with Gasteiger partial charge in [-0.05, 0) is 85.2 Å². The molecular weight excluding hydrogens is 590 g/mol. The Hall–Kier alpha value is -4.58. The van der Waals surface area contributed by atoms with Crippen LogP contribution in [-0.2, 0) is 16.4 Å². The summed E-state index contributed by atoms with van der Waals surface area (Å²) in [4.78, 5) is 28.1. The molecule has 11 nitrogen and oxygen atoms in total. The Morgan fingerprint density at radius 2 is 1.56 bits per heavy atom. The van der Waals surface area contributed by atoms with E-state index in [1.165, 1.54) is 30.9 Å². The van der Waals surface area contributed by atoms with Gasteiger partial charge in [0.05, 0.1) is 16.7 Å². The number of sulfone groups is 1. The van der Waals surface area contributed by atoms with Crippen molar-refractivity contribution in [2.45, 2.75) is 80.4 Å². The summed E-state index contributed by atoms with van der Waals surface area (Å²) in [5.41, 5.74) is 3.39. The second-order valence-corrected chi connectivity index (χ2v) is 13.9. The fraction of sp³-hybridized carbons (Fsp3) is 0.364. The van der Waals surface area contributed by atoms with Crippen LogP contribution in [0.4, 0.5) is 16.2 Å². The summed E-state index contributed by atoms with van der Waals surface area (Å²) >= 11 is 0. The Bertz CT molecular complexity index is 1640. The average molecular weight is 630 g/mol. The molecule has 0 aromatic heterocycles. The first-order valence-electron chi connectivity index (χ1n) is 15.4. The molecule has 3 aromatic rings.